The van der Waals surface area contributed by atoms with E-state index in [1.165, 1.54) is 5.56 Å². The third kappa shape index (κ3) is 2.99. The van der Waals surface area contributed by atoms with E-state index in [1.807, 2.05) is 18.2 Å². The Morgan fingerprint density at radius 3 is 2.67 bits per heavy atom. The molecule has 0 spiro atoms. The zero-order valence-electron chi connectivity index (χ0n) is 9.53. The van der Waals surface area contributed by atoms with Crippen LogP contribution in [0.15, 0.2) is 24.3 Å². The summed E-state index contributed by atoms with van der Waals surface area (Å²) in [4.78, 5) is 0. The first-order valence-corrected chi connectivity index (χ1v) is 5.20. The lowest BCUT2D eigenvalue weighted by Crippen LogP contribution is -2.06. The SMILES string of the molecule is COc1cccc(C(CC#N)C(C)C)c1. The fourth-order valence-corrected chi connectivity index (χ4v) is 1.71. The Morgan fingerprint density at radius 1 is 1.40 bits per heavy atom. The second-order valence-electron chi connectivity index (χ2n) is 3.99. The van der Waals surface area contributed by atoms with Gasteiger partial charge in [0.2, 0.25) is 0 Å². The molecule has 0 aliphatic carbocycles. The van der Waals surface area contributed by atoms with E-state index >= 15 is 0 Å². The maximum atomic E-state index is 8.79. The van der Waals surface area contributed by atoms with Gasteiger partial charge in [-0.2, -0.15) is 5.26 Å². The highest BCUT2D eigenvalue weighted by Crippen LogP contribution is 2.29. The Morgan fingerprint density at radius 2 is 2.13 bits per heavy atom. The van der Waals surface area contributed by atoms with Gasteiger partial charge in [0.05, 0.1) is 13.2 Å². The number of rotatable bonds is 4. The average molecular weight is 203 g/mol. The molecule has 0 saturated heterocycles. The standard InChI is InChI=1S/C13H17NO/c1-10(2)13(7-8-14)11-5-4-6-12(9-11)15-3/h4-6,9-10,13H,7H2,1-3H3. The number of hydrogen-bond acceptors (Lipinski definition) is 2. The number of benzene rings is 1. The molecule has 1 aromatic carbocycles. The number of nitrogens with zero attached hydrogens (tertiary/aromatic N) is 1. The molecule has 2 heteroatoms. The monoisotopic (exact) mass is 203 g/mol. The van der Waals surface area contributed by atoms with Crippen LogP contribution in [-0.2, 0) is 0 Å². The second kappa shape index (κ2) is 5.41. The van der Waals surface area contributed by atoms with Crippen molar-refractivity contribution in [3.63, 3.8) is 0 Å². The lowest BCUT2D eigenvalue weighted by Gasteiger charge is -2.18. The van der Waals surface area contributed by atoms with Gasteiger partial charge in [0.25, 0.3) is 0 Å². The molecule has 0 aliphatic heterocycles. The summed E-state index contributed by atoms with van der Waals surface area (Å²) in [5, 5.41) is 8.79. The number of methoxy groups -OCH3 is 1. The van der Waals surface area contributed by atoms with Crippen LogP contribution in [0.2, 0.25) is 0 Å². The summed E-state index contributed by atoms with van der Waals surface area (Å²) in [6.07, 6.45) is 0.560. The molecular formula is C13H17NO. The number of nitriles is 1. The van der Waals surface area contributed by atoms with Gasteiger partial charge in [0.15, 0.2) is 0 Å². The van der Waals surface area contributed by atoms with E-state index in [0.29, 0.717) is 18.3 Å². The van der Waals surface area contributed by atoms with Gasteiger partial charge >= 0.3 is 0 Å². The quantitative estimate of drug-likeness (QED) is 0.751. The second-order valence-corrected chi connectivity index (χ2v) is 3.99. The number of hydrogen-bond donors (Lipinski definition) is 0. The van der Waals surface area contributed by atoms with Crippen molar-refractivity contribution in [1.82, 2.24) is 0 Å². The predicted molar refractivity (Wildman–Crippen MR) is 60.8 cm³/mol. The van der Waals surface area contributed by atoms with Crippen LogP contribution >= 0.6 is 0 Å². The highest BCUT2D eigenvalue weighted by molar-refractivity contribution is 5.31. The normalized spacial score (nSPS) is 12.2. The molecule has 0 radical (unpaired) electrons. The zero-order valence-corrected chi connectivity index (χ0v) is 9.53. The van der Waals surface area contributed by atoms with Crippen molar-refractivity contribution in [1.29, 1.82) is 5.26 Å². The van der Waals surface area contributed by atoms with E-state index in [4.69, 9.17) is 10.00 Å². The third-order valence-electron chi connectivity index (χ3n) is 2.64. The van der Waals surface area contributed by atoms with Gasteiger partial charge in [-0.1, -0.05) is 26.0 Å². The Hall–Kier alpha value is -1.49. The van der Waals surface area contributed by atoms with Gasteiger partial charge in [-0.15, -0.1) is 0 Å². The summed E-state index contributed by atoms with van der Waals surface area (Å²) in [5.41, 5.74) is 1.19. The zero-order chi connectivity index (χ0) is 11.3. The molecule has 15 heavy (non-hydrogen) atoms. The van der Waals surface area contributed by atoms with Crippen molar-refractivity contribution in [2.75, 3.05) is 7.11 Å². The van der Waals surface area contributed by atoms with Gasteiger partial charge in [-0.3, -0.25) is 0 Å². The first-order chi connectivity index (χ1) is 7.19. The molecule has 1 aromatic rings. The highest BCUT2D eigenvalue weighted by atomic mass is 16.5. The molecule has 0 amide bonds. The van der Waals surface area contributed by atoms with Crippen molar-refractivity contribution >= 4 is 0 Å². The van der Waals surface area contributed by atoms with Gasteiger partial charge < -0.3 is 4.74 Å². The molecule has 0 bridgehead atoms. The van der Waals surface area contributed by atoms with Gasteiger partial charge in [0.1, 0.15) is 5.75 Å². The fourth-order valence-electron chi connectivity index (χ4n) is 1.71. The summed E-state index contributed by atoms with van der Waals surface area (Å²) < 4.78 is 5.18. The molecule has 0 heterocycles. The summed E-state index contributed by atoms with van der Waals surface area (Å²) in [6.45, 7) is 4.28. The molecule has 80 valence electrons. The van der Waals surface area contributed by atoms with Crippen LogP contribution in [0.1, 0.15) is 31.7 Å². The maximum Gasteiger partial charge on any atom is 0.119 e. The van der Waals surface area contributed by atoms with Crippen molar-refractivity contribution in [2.24, 2.45) is 5.92 Å². The Bertz CT molecular complexity index is 352. The van der Waals surface area contributed by atoms with Crippen LogP contribution < -0.4 is 4.74 Å². The number of ether oxygens (including phenoxy) is 1. The van der Waals surface area contributed by atoms with Crippen molar-refractivity contribution in [2.45, 2.75) is 26.2 Å². The first kappa shape index (κ1) is 11.6. The highest BCUT2D eigenvalue weighted by Gasteiger charge is 2.15. The van der Waals surface area contributed by atoms with E-state index in [0.717, 1.165) is 5.75 Å². The molecule has 1 unspecified atom stereocenters. The van der Waals surface area contributed by atoms with Gasteiger partial charge in [-0.25, -0.2) is 0 Å². The minimum absolute atomic E-state index is 0.296. The van der Waals surface area contributed by atoms with Crippen LogP contribution in [0.5, 0.6) is 5.75 Å². The summed E-state index contributed by atoms with van der Waals surface area (Å²) in [5.74, 6) is 1.62. The minimum atomic E-state index is 0.296. The molecule has 0 fully saturated rings. The molecule has 0 aliphatic rings. The van der Waals surface area contributed by atoms with Crippen LogP contribution in [0, 0.1) is 17.2 Å². The van der Waals surface area contributed by atoms with Crippen LogP contribution in [0.25, 0.3) is 0 Å². The maximum absolute atomic E-state index is 8.79. The fraction of sp³-hybridized carbons (Fsp3) is 0.462. The Balaban J connectivity index is 2.95. The third-order valence-corrected chi connectivity index (χ3v) is 2.64. The molecule has 1 rings (SSSR count). The first-order valence-electron chi connectivity index (χ1n) is 5.20. The minimum Gasteiger partial charge on any atom is -0.497 e. The molecule has 0 N–H and O–H groups in total. The van der Waals surface area contributed by atoms with Crippen LogP contribution in [0.3, 0.4) is 0 Å². The predicted octanol–water partition coefficient (Wildman–Crippen LogP) is 3.35. The van der Waals surface area contributed by atoms with E-state index in [9.17, 15) is 0 Å². The summed E-state index contributed by atoms with van der Waals surface area (Å²) in [7, 11) is 1.66. The summed E-state index contributed by atoms with van der Waals surface area (Å²) in [6, 6.07) is 10.2. The molecule has 1 atom stereocenters. The van der Waals surface area contributed by atoms with E-state index < -0.39 is 0 Å². The Kier molecular flexibility index (Phi) is 4.17. The van der Waals surface area contributed by atoms with E-state index in [1.54, 1.807) is 7.11 Å². The van der Waals surface area contributed by atoms with Crippen molar-refractivity contribution in [3.05, 3.63) is 29.8 Å². The van der Waals surface area contributed by atoms with Crippen molar-refractivity contribution in [3.8, 4) is 11.8 Å². The smallest absolute Gasteiger partial charge is 0.119 e. The molecule has 0 saturated carbocycles. The molecular weight excluding hydrogens is 186 g/mol. The average Bonchev–Trinajstić information content (AvgIpc) is 2.25. The van der Waals surface area contributed by atoms with E-state index in [2.05, 4.69) is 26.0 Å². The lowest BCUT2D eigenvalue weighted by atomic mass is 9.86. The lowest BCUT2D eigenvalue weighted by molar-refractivity contribution is 0.412. The largest absolute Gasteiger partial charge is 0.497 e. The summed E-state index contributed by atoms with van der Waals surface area (Å²) >= 11 is 0. The van der Waals surface area contributed by atoms with Gasteiger partial charge in [0, 0.05) is 6.42 Å². The van der Waals surface area contributed by atoms with E-state index in [-0.39, 0.29) is 0 Å². The van der Waals surface area contributed by atoms with Crippen LogP contribution in [-0.4, -0.2) is 7.11 Å². The molecule has 0 aromatic heterocycles. The topological polar surface area (TPSA) is 33.0 Å². The van der Waals surface area contributed by atoms with Crippen molar-refractivity contribution < 1.29 is 4.74 Å². The van der Waals surface area contributed by atoms with Crippen LogP contribution in [0.4, 0.5) is 0 Å². The Labute approximate surface area is 91.5 Å². The van der Waals surface area contributed by atoms with Gasteiger partial charge in [-0.05, 0) is 29.5 Å². The molecule has 2 nitrogen and oxygen atoms in total.